The maximum atomic E-state index is 14.1. The molecule has 1 heterocycles. The summed E-state index contributed by atoms with van der Waals surface area (Å²) < 4.78 is 28.0. The number of benzene rings is 3. The average molecular weight is 405 g/mol. The number of thiazole rings is 1. The molecule has 7 heteroatoms. The third-order valence-corrected chi connectivity index (χ3v) is 5.35. The summed E-state index contributed by atoms with van der Waals surface area (Å²) in [7, 11) is 0. The Morgan fingerprint density at radius 2 is 1.79 bits per heavy atom. The highest BCUT2D eigenvalue weighted by Gasteiger charge is 2.23. The first kappa shape index (κ1) is 18.7. The number of halogens is 2. The molecule has 0 atom stereocenters. The van der Waals surface area contributed by atoms with Gasteiger partial charge in [-0.2, -0.15) is 5.26 Å². The van der Waals surface area contributed by atoms with Crippen molar-refractivity contribution < 1.29 is 13.6 Å². The number of rotatable bonds is 4. The smallest absolute Gasteiger partial charge is 0.260 e. The number of hydrogen-bond donors (Lipinski definition) is 0. The van der Waals surface area contributed by atoms with Gasteiger partial charge in [0, 0.05) is 11.6 Å². The predicted octanol–water partition coefficient (Wildman–Crippen LogP) is 5.29. The fourth-order valence-electron chi connectivity index (χ4n) is 2.90. The van der Waals surface area contributed by atoms with Crippen LogP contribution in [0.2, 0.25) is 0 Å². The van der Waals surface area contributed by atoms with Crippen molar-refractivity contribution in [3.8, 4) is 6.07 Å². The van der Waals surface area contributed by atoms with Gasteiger partial charge in [0.25, 0.3) is 5.91 Å². The normalized spacial score (nSPS) is 10.7. The standard InChI is InChI=1S/C22H13F2N3OS/c23-17-10-18(24)20-19(11-17)29-22(26-20)27(13-15-4-2-1-3-5-15)21(28)16-8-6-14(12-25)7-9-16/h1-11H,13H2. The molecule has 0 aliphatic heterocycles. The van der Waals surface area contributed by atoms with Crippen LogP contribution in [0.15, 0.2) is 66.7 Å². The summed E-state index contributed by atoms with van der Waals surface area (Å²) in [6.07, 6.45) is 0. The lowest BCUT2D eigenvalue weighted by Gasteiger charge is -2.20. The molecule has 0 radical (unpaired) electrons. The van der Waals surface area contributed by atoms with Gasteiger partial charge in [-0.25, -0.2) is 13.8 Å². The molecule has 4 rings (SSSR count). The van der Waals surface area contributed by atoms with Gasteiger partial charge in [-0.15, -0.1) is 0 Å². The lowest BCUT2D eigenvalue weighted by Crippen LogP contribution is -2.30. The number of nitrogens with zero attached hydrogens (tertiary/aromatic N) is 3. The summed E-state index contributed by atoms with van der Waals surface area (Å²) in [4.78, 5) is 18.9. The van der Waals surface area contributed by atoms with E-state index in [9.17, 15) is 13.6 Å². The van der Waals surface area contributed by atoms with Crippen LogP contribution in [0.4, 0.5) is 13.9 Å². The van der Waals surface area contributed by atoms with Crippen LogP contribution in [0.3, 0.4) is 0 Å². The van der Waals surface area contributed by atoms with Crippen LogP contribution < -0.4 is 4.90 Å². The van der Waals surface area contributed by atoms with E-state index >= 15 is 0 Å². The van der Waals surface area contributed by atoms with E-state index in [0.29, 0.717) is 15.8 Å². The van der Waals surface area contributed by atoms with Crippen LogP contribution in [0, 0.1) is 23.0 Å². The number of amides is 1. The third-order valence-electron chi connectivity index (χ3n) is 4.32. The van der Waals surface area contributed by atoms with Gasteiger partial charge in [0.15, 0.2) is 10.9 Å². The van der Waals surface area contributed by atoms with Crippen LogP contribution in [0.5, 0.6) is 0 Å². The van der Waals surface area contributed by atoms with Gasteiger partial charge >= 0.3 is 0 Å². The lowest BCUT2D eigenvalue weighted by molar-refractivity contribution is 0.0985. The number of carbonyl (C=O) groups is 1. The van der Waals surface area contributed by atoms with Gasteiger partial charge in [-0.3, -0.25) is 9.69 Å². The third kappa shape index (κ3) is 3.84. The Morgan fingerprint density at radius 1 is 1.07 bits per heavy atom. The number of aromatic nitrogens is 1. The number of carbonyl (C=O) groups excluding carboxylic acids is 1. The van der Waals surface area contributed by atoms with E-state index in [1.807, 2.05) is 36.4 Å². The first-order chi connectivity index (χ1) is 14.0. The van der Waals surface area contributed by atoms with E-state index in [1.54, 1.807) is 24.3 Å². The average Bonchev–Trinajstić information content (AvgIpc) is 3.16. The molecule has 142 valence electrons. The molecule has 0 spiro atoms. The molecule has 0 saturated carbocycles. The SMILES string of the molecule is N#Cc1ccc(C(=O)N(Cc2ccccc2)c2nc3c(F)cc(F)cc3s2)cc1. The van der Waals surface area contributed by atoms with E-state index in [0.717, 1.165) is 23.0 Å². The molecule has 0 aliphatic rings. The van der Waals surface area contributed by atoms with Gasteiger partial charge in [-0.1, -0.05) is 41.7 Å². The van der Waals surface area contributed by atoms with Gasteiger partial charge in [0.2, 0.25) is 0 Å². The van der Waals surface area contributed by atoms with E-state index < -0.39 is 11.6 Å². The Balaban J connectivity index is 1.78. The fraction of sp³-hybridized carbons (Fsp3) is 0.0455. The summed E-state index contributed by atoms with van der Waals surface area (Å²) in [5.41, 5.74) is 1.69. The second-order valence-electron chi connectivity index (χ2n) is 6.30. The van der Waals surface area contributed by atoms with E-state index in [4.69, 9.17) is 5.26 Å². The molecule has 4 aromatic rings. The molecule has 0 fully saturated rings. The zero-order chi connectivity index (χ0) is 20.4. The second kappa shape index (κ2) is 7.78. The van der Waals surface area contributed by atoms with Crippen LogP contribution in [0.1, 0.15) is 21.5 Å². The fourth-order valence-corrected chi connectivity index (χ4v) is 3.90. The Bertz CT molecular complexity index is 1230. The number of nitriles is 1. The maximum Gasteiger partial charge on any atom is 0.260 e. The molecule has 29 heavy (non-hydrogen) atoms. The number of hydrogen-bond acceptors (Lipinski definition) is 4. The summed E-state index contributed by atoms with van der Waals surface area (Å²) in [5.74, 6) is -1.82. The van der Waals surface area contributed by atoms with Crippen molar-refractivity contribution in [2.75, 3.05) is 4.90 Å². The molecule has 1 aromatic heterocycles. The highest BCUT2D eigenvalue weighted by molar-refractivity contribution is 7.22. The summed E-state index contributed by atoms with van der Waals surface area (Å²) in [5, 5.41) is 9.22. The van der Waals surface area contributed by atoms with Crippen molar-refractivity contribution in [3.63, 3.8) is 0 Å². The quantitative estimate of drug-likeness (QED) is 0.463. The topological polar surface area (TPSA) is 57.0 Å². The summed E-state index contributed by atoms with van der Waals surface area (Å²) in [6.45, 7) is 0.212. The molecule has 0 N–H and O–H groups in total. The van der Waals surface area contributed by atoms with Gasteiger partial charge in [-0.05, 0) is 35.9 Å². The van der Waals surface area contributed by atoms with Gasteiger partial charge < -0.3 is 0 Å². The zero-order valence-electron chi connectivity index (χ0n) is 15.0. The highest BCUT2D eigenvalue weighted by Crippen LogP contribution is 2.32. The van der Waals surface area contributed by atoms with Crippen molar-refractivity contribution in [2.24, 2.45) is 0 Å². The Hall–Kier alpha value is -3.63. The first-order valence-electron chi connectivity index (χ1n) is 8.66. The molecular weight excluding hydrogens is 392 g/mol. The van der Waals surface area contributed by atoms with Crippen LogP contribution in [0.25, 0.3) is 10.2 Å². The van der Waals surface area contributed by atoms with Crippen molar-refractivity contribution in [2.45, 2.75) is 6.54 Å². The molecule has 0 bridgehead atoms. The van der Waals surface area contributed by atoms with Crippen molar-refractivity contribution >= 4 is 32.6 Å². The molecule has 0 saturated heterocycles. The zero-order valence-corrected chi connectivity index (χ0v) is 15.8. The second-order valence-corrected chi connectivity index (χ2v) is 7.31. The summed E-state index contributed by atoms with van der Waals surface area (Å²) >= 11 is 1.05. The van der Waals surface area contributed by atoms with Crippen LogP contribution >= 0.6 is 11.3 Å². The minimum atomic E-state index is -0.770. The molecular formula is C22H13F2N3OS. The molecule has 0 unspecified atom stereocenters. The Kier molecular flexibility index (Phi) is 5.02. The van der Waals surface area contributed by atoms with E-state index in [-0.39, 0.29) is 23.1 Å². The number of anilines is 1. The molecule has 4 nitrogen and oxygen atoms in total. The minimum absolute atomic E-state index is 0.0251. The molecule has 0 aliphatic carbocycles. The first-order valence-corrected chi connectivity index (χ1v) is 9.48. The van der Waals surface area contributed by atoms with E-state index in [2.05, 4.69) is 4.98 Å². The van der Waals surface area contributed by atoms with Crippen LogP contribution in [-0.2, 0) is 6.54 Å². The Labute approximate surface area is 169 Å². The Morgan fingerprint density at radius 3 is 2.48 bits per heavy atom. The van der Waals surface area contributed by atoms with E-state index in [1.165, 1.54) is 11.0 Å². The maximum absolute atomic E-state index is 14.1. The van der Waals surface area contributed by atoms with Crippen molar-refractivity contribution in [3.05, 3.63) is 95.1 Å². The lowest BCUT2D eigenvalue weighted by atomic mass is 10.1. The number of fused-ring (bicyclic) bond motifs is 1. The predicted molar refractivity (Wildman–Crippen MR) is 108 cm³/mol. The molecule has 3 aromatic carbocycles. The largest absolute Gasteiger partial charge is 0.279 e. The highest BCUT2D eigenvalue weighted by atomic mass is 32.1. The summed E-state index contributed by atoms with van der Waals surface area (Å²) in [6, 6.07) is 19.5. The molecule has 1 amide bonds. The van der Waals surface area contributed by atoms with Crippen molar-refractivity contribution in [1.82, 2.24) is 4.98 Å². The van der Waals surface area contributed by atoms with Crippen molar-refractivity contribution in [1.29, 1.82) is 5.26 Å². The van der Waals surface area contributed by atoms with Gasteiger partial charge in [0.05, 0.1) is 22.9 Å². The monoisotopic (exact) mass is 405 g/mol. The minimum Gasteiger partial charge on any atom is -0.279 e. The van der Waals surface area contributed by atoms with Crippen LogP contribution in [-0.4, -0.2) is 10.9 Å². The van der Waals surface area contributed by atoms with Gasteiger partial charge in [0.1, 0.15) is 11.3 Å².